The molecular weight excluding hydrogens is 144 g/mol. The van der Waals surface area contributed by atoms with Crippen LogP contribution in [0, 0.1) is 17.8 Å². The van der Waals surface area contributed by atoms with Gasteiger partial charge in [-0.3, -0.25) is 0 Å². The van der Waals surface area contributed by atoms with Crippen molar-refractivity contribution in [3.05, 3.63) is 0 Å². The maximum Gasteiger partial charge on any atom is 0.384 e. The Hall–Kier alpha value is -1.01. The number of rotatable bonds is 1. The van der Waals surface area contributed by atoms with Crippen molar-refractivity contribution < 1.29 is 14.3 Å². The molecule has 0 amide bonds. The van der Waals surface area contributed by atoms with Crippen LogP contribution in [-0.2, 0) is 14.3 Å². The summed E-state index contributed by atoms with van der Waals surface area (Å²) in [6.45, 7) is 3.43. The average Bonchev–Trinajstić information content (AvgIpc) is 1.85. The molecule has 0 atom stereocenters. The number of hydrogen-bond donors (Lipinski definition) is 0. The molecule has 1 aliphatic rings. The van der Waals surface area contributed by atoms with E-state index in [1.807, 2.05) is 0 Å². The van der Waals surface area contributed by atoms with Crippen LogP contribution in [0.2, 0.25) is 0 Å². The quantitative estimate of drug-likeness (QED) is 0.307. The van der Waals surface area contributed by atoms with Crippen molar-refractivity contribution in [2.45, 2.75) is 6.92 Å². The maximum atomic E-state index is 10.7. The van der Waals surface area contributed by atoms with E-state index in [4.69, 9.17) is 4.74 Å². The van der Waals surface area contributed by atoms with E-state index in [9.17, 15) is 4.79 Å². The molecule has 11 heavy (non-hydrogen) atoms. The molecule has 0 spiro atoms. The van der Waals surface area contributed by atoms with E-state index in [-0.39, 0.29) is 5.92 Å². The highest BCUT2D eigenvalue weighted by Crippen LogP contribution is 2.06. The van der Waals surface area contributed by atoms with Gasteiger partial charge in [-0.15, -0.1) is 0 Å². The lowest BCUT2D eigenvalue weighted by Gasteiger charge is -2.19. The second kappa shape index (κ2) is 3.99. The minimum atomic E-state index is -0.445. The molecule has 0 aromatic rings. The molecule has 3 heteroatoms. The first-order chi connectivity index (χ1) is 5.33. The van der Waals surface area contributed by atoms with Crippen LogP contribution in [0.5, 0.6) is 0 Å². The molecule has 0 radical (unpaired) electrons. The van der Waals surface area contributed by atoms with Crippen molar-refractivity contribution >= 4 is 5.97 Å². The van der Waals surface area contributed by atoms with E-state index in [1.165, 1.54) is 0 Å². The van der Waals surface area contributed by atoms with Crippen molar-refractivity contribution in [1.82, 2.24) is 0 Å². The summed E-state index contributed by atoms with van der Waals surface area (Å²) >= 11 is 0. The van der Waals surface area contributed by atoms with Crippen LogP contribution >= 0.6 is 0 Å². The van der Waals surface area contributed by atoms with Crippen molar-refractivity contribution in [1.29, 1.82) is 0 Å². The zero-order chi connectivity index (χ0) is 8.10. The lowest BCUT2D eigenvalue weighted by atomic mass is 10.1. The zero-order valence-corrected chi connectivity index (χ0v) is 6.42. The van der Waals surface area contributed by atoms with Gasteiger partial charge in [0.05, 0.1) is 25.7 Å². The van der Waals surface area contributed by atoms with E-state index >= 15 is 0 Å². The monoisotopic (exact) mass is 154 g/mol. The molecule has 0 bridgehead atoms. The first-order valence-electron chi connectivity index (χ1n) is 3.59. The van der Waals surface area contributed by atoms with Gasteiger partial charge in [-0.2, -0.15) is 0 Å². The molecular formula is C8H10O3. The highest BCUT2D eigenvalue weighted by Gasteiger charge is 2.14. The molecule has 0 aromatic carbocycles. The van der Waals surface area contributed by atoms with Crippen molar-refractivity contribution in [2.75, 3.05) is 19.8 Å². The topological polar surface area (TPSA) is 35.5 Å². The molecule has 0 saturated carbocycles. The number of carbonyl (C=O) groups excluding carboxylic acids is 1. The largest absolute Gasteiger partial charge is 0.456 e. The molecule has 1 heterocycles. The van der Waals surface area contributed by atoms with Crippen LogP contribution in [0.1, 0.15) is 6.92 Å². The minimum absolute atomic E-state index is 0.236. The van der Waals surface area contributed by atoms with Gasteiger partial charge in [0.15, 0.2) is 0 Å². The summed E-state index contributed by atoms with van der Waals surface area (Å²) in [4.78, 5) is 10.7. The van der Waals surface area contributed by atoms with Gasteiger partial charge in [-0.1, -0.05) is 5.92 Å². The van der Waals surface area contributed by atoms with Crippen LogP contribution in [0.3, 0.4) is 0 Å². The molecule has 3 nitrogen and oxygen atoms in total. The van der Waals surface area contributed by atoms with Crippen LogP contribution in [0.25, 0.3) is 0 Å². The van der Waals surface area contributed by atoms with Gasteiger partial charge in [-0.25, -0.2) is 4.79 Å². The highest BCUT2D eigenvalue weighted by atomic mass is 16.5. The van der Waals surface area contributed by atoms with Gasteiger partial charge < -0.3 is 9.47 Å². The average molecular weight is 154 g/mol. The maximum absolute atomic E-state index is 10.7. The van der Waals surface area contributed by atoms with Gasteiger partial charge in [0.25, 0.3) is 0 Å². The van der Waals surface area contributed by atoms with E-state index in [2.05, 4.69) is 16.6 Å². The molecule has 0 N–H and O–H groups in total. The smallest absolute Gasteiger partial charge is 0.384 e. The summed E-state index contributed by atoms with van der Waals surface area (Å²) in [7, 11) is 0. The van der Waals surface area contributed by atoms with Crippen LogP contribution in [-0.4, -0.2) is 25.8 Å². The predicted molar refractivity (Wildman–Crippen MR) is 38.7 cm³/mol. The Bertz CT molecular complexity index is 195. The van der Waals surface area contributed by atoms with Crippen molar-refractivity contribution in [2.24, 2.45) is 5.92 Å². The number of ether oxygens (including phenoxy) is 2. The Morgan fingerprint density at radius 1 is 1.73 bits per heavy atom. The van der Waals surface area contributed by atoms with Crippen LogP contribution in [0.15, 0.2) is 0 Å². The van der Waals surface area contributed by atoms with E-state index < -0.39 is 5.97 Å². The van der Waals surface area contributed by atoms with Gasteiger partial charge in [0, 0.05) is 5.92 Å². The number of esters is 1. The highest BCUT2D eigenvalue weighted by molar-refractivity contribution is 5.88. The summed E-state index contributed by atoms with van der Waals surface area (Å²) < 4.78 is 9.48. The molecule has 60 valence electrons. The lowest BCUT2D eigenvalue weighted by molar-refractivity contribution is -0.136. The van der Waals surface area contributed by atoms with Crippen LogP contribution in [0.4, 0.5) is 0 Å². The lowest BCUT2D eigenvalue weighted by Crippen LogP contribution is -2.25. The molecule has 0 aromatic heterocycles. The van der Waals surface area contributed by atoms with E-state index in [0.29, 0.717) is 19.8 Å². The Morgan fingerprint density at radius 2 is 2.45 bits per heavy atom. The third-order valence-corrected chi connectivity index (χ3v) is 1.29. The first kappa shape index (κ1) is 8.09. The van der Waals surface area contributed by atoms with Gasteiger partial charge >= 0.3 is 5.97 Å². The van der Waals surface area contributed by atoms with Gasteiger partial charge in [0.2, 0.25) is 0 Å². The second-order valence-electron chi connectivity index (χ2n) is 2.22. The summed E-state index contributed by atoms with van der Waals surface area (Å²) in [6.07, 6.45) is 0. The Balaban J connectivity index is 2.24. The Kier molecular flexibility index (Phi) is 2.94. The van der Waals surface area contributed by atoms with E-state index in [1.54, 1.807) is 6.92 Å². The van der Waals surface area contributed by atoms with Crippen LogP contribution < -0.4 is 0 Å². The minimum Gasteiger partial charge on any atom is -0.456 e. The van der Waals surface area contributed by atoms with Crippen molar-refractivity contribution in [3.63, 3.8) is 0 Å². The first-order valence-corrected chi connectivity index (χ1v) is 3.59. The van der Waals surface area contributed by atoms with Crippen molar-refractivity contribution in [3.8, 4) is 11.8 Å². The number of hydrogen-bond acceptors (Lipinski definition) is 3. The normalized spacial score (nSPS) is 16.1. The predicted octanol–water partition coefficient (Wildman–Crippen LogP) is 0.199. The molecule has 1 saturated heterocycles. The molecule has 0 aliphatic carbocycles. The number of carbonyl (C=O) groups is 1. The Morgan fingerprint density at radius 3 is 2.91 bits per heavy atom. The van der Waals surface area contributed by atoms with Gasteiger partial charge in [0.1, 0.15) is 0 Å². The molecule has 1 aliphatic heterocycles. The fraction of sp³-hybridized carbons (Fsp3) is 0.625. The fourth-order valence-corrected chi connectivity index (χ4v) is 0.647. The Labute approximate surface area is 65.7 Å². The summed E-state index contributed by atoms with van der Waals surface area (Å²) in [5, 5.41) is 0. The van der Waals surface area contributed by atoms with E-state index in [0.717, 1.165) is 0 Å². The van der Waals surface area contributed by atoms with Gasteiger partial charge in [-0.05, 0) is 6.92 Å². The fourth-order valence-electron chi connectivity index (χ4n) is 0.647. The zero-order valence-electron chi connectivity index (χ0n) is 6.42. The second-order valence-corrected chi connectivity index (χ2v) is 2.22. The molecule has 1 fully saturated rings. The molecule has 0 unspecified atom stereocenters. The summed E-state index contributed by atoms with van der Waals surface area (Å²) in [5.74, 6) is 4.94. The third kappa shape index (κ3) is 2.60. The standard InChI is InChI=1S/C8H10O3/c1-2-11-8(9)4-3-7-5-10-6-7/h7H,2,5-6H2,1H3. The SMILES string of the molecule is CCOC(=O)C#CC1COC1. The third-order valence-electron chi connectivity index (χ3n) is 1.29. The summed E-state index contributed by atoms with van der Waals surface area (Å²) in [6, 6.07) is 0. The summed E-state index contributed by atoms with van der Waals surface area (Å²) in [5.41, 5.74) is 0. The molecule has 1 rings (SSSR count).